The molecule has 1 atom stereocenters. The van der Waals surface area contributed by atoms with E-state index < -0.39 is 0 Å². The molecular weight excluding hydrogens is 222 g/mol. The van der Waals surface area contributed by atoms with Crippen LogP contribution in [0.3, 0.4) is 0 Å². The van der Waals surface area contributed by atoms with Gasteiger partial charge in [-0.05, 0) is 42.5 Å². The summed E-state index contributed by atoms with van der Waals surface area (Å²) < 4.78 is 0. The van der Waals surface area contributed by atoms with Crippen molar-refractivity contribution in [3.63, 3.8) is 0 Å². The molecule has 1 heterocycles. The van der Waals surface area contributed by atoms with E-state index in [-0.39, 0.29) is 6.04 Å². The van der Waals surface area contributed by atoms with E-state index in [9.17, 15) is 0 Å². The Morgan fingerprint density at radius 3 is 2.44 bits per heavy atom. The Morgan fingerprint density at radius 1 is 1.06 bits per heavy atom. The Hall–Kier alpha value is -1.71. The Kier molecular flexibility index (Phi) is 4.88. The van der Waals surface area contributed by atoms with Gasteiger partial charge in [-0.15, -0.1) is 0 Å². The van der Waals surface area contributed by atoms with E-state index in [1.54, 1.807) is 12.4 Å². The molecule has 2 aromatic rings. The third-order valence-electron chi connectivity index (χ3n) is 3.11. The number of aromatic nitrogens is 1. The highest BCUT2D eigenvalue weighted by Crippen LogP contribution is 2.18. The number of benzene rings is 1. The van der Waals surface area contributed by atoms with Crippen molar-refractivity contribution in [2.24, 2.45) is 5.84 Å². The first-order chi connectivity index (χ1) is 8.90. The number of aryl methyl sites for hydroxylation is 1. The van der Waals surface area contributed by atoms with E-state index in [2.05, 4.69) is 34.7 Å². The van der Waals surface area contributed by atoms with Gasteiger partial charge in [0.2, 0.25) is 0 Å². The van der Waals surface area contributed by atoms with Gasteiger partial charge in [-0.25, -0.2) is 0 Å². The lowest BCUT2D eigenvalue weighted by atomic mass is 10.0. The highest BCUT2D eigenvalue weighted by molar-refractivity contribution is 5.16. The Morgan fingerprint density at radius 2 is 1.78 bits per heavy atom. The first-order valence-electron chi connectivity index (χ1n) is 6.30. The van der Waals surface area contributed by atoms with Crippen molar-refractivity contribution in [3.05, 3.63) is 66.0 Å². The maximum atomic E-state index is 5.61. The number of nitrogens with zero attached hydrogens (tertiary/aromatic N) is 1. The average Bonchev–Trinajstić information content (AvgIpc) is 2.46. The summed E-state index contributed by atoms with van der Waals surface area (Å²) in [5, 5.41) is 0. The molecule has 0 saturated heterocycles. The van der Waals surface area contributed by atoms with Gasteiger partial charge < -0.3 is 0 Å². The van der Waals surface area contributed by atoms with Crippen LogP contribution in [0.25, 0.3) is 0 Å². The predicted molar refractivity (Wildman–Crippen MR) is 73.7 cm³/mol. The zero-order valence-electron chi connectivity index (χ0n) is 10.4. The number of hydrogen-bond donors (Lipinski definition) is 2. The van der Waals surface area contributed by atoms with Crippen molar-refractivity contribution in [2.75, 3.05) is 0 Å². The highest BCUT2D eigenvalue weighted by Gasteiger charge is 2.08. The van der Waals surface area contributed by atoms with Crippen LogP contribution in [-0.4, -0.2) is 4.98 Å². The topological polar surface area (TPSA) is 50.9 Å². The number of rotatable bonds is 6. The summed E-state index contributed by atoms with van der Waals surface area (Å²) in [7, 11) is 0. The lowest BCUT2D eigenvalue weighted by Gasteiger charge is -2.15. The van der Waals surface area contributed by atoms with Gasteiger partial charge in [0.15, 0.2) is 0 Å². The number of nitrogens with two attached hydrogens (primary N) is 1. The molecule has 0 bridgehead atoms. The van der Waals surface area contributed by atoms with E-state index in [1.807, 2.05) is 18.2 Å². The van der Waals surface area contributed by atoms with Crippen LogP contribution in [0.4, 0.5) is 0 Å². The molecule has 0 aliphatic heterocycles. The number of hydrazine groups is 1. The summed E-state index contributed by atoms with van der Waals surface area (Å²) in [6.45, 7) is 0. The normalized spacial score (nSPS) is 12.3. The molecule has 18 heavy (non-hydrogen) atoms. The summed E-state index contributed by atoms with van der Waals surface area (Å²) in [5.74, 6) is 5.61. The number of nitrogens with one attached hydrogen (secondary N) is 1. The van der Waals surface area contributed by atoms with Gasteiger partial charge in [0.25, 0.3) is 0 Å². The summed E-state index contributed by atoms with van der Waals surface area (Å²) in [6, 6.07) is 14.8. The zero-order valence-corrected chi connectivity index (χ0v) is 10.4. The van der Waals surface area contributed by atoms with Crippen molar-refractivity contribution in [1.29, 1.82) is 0 Å². The second-order valence-electron chi connectivity index (χ2n) is 4.38. The molecule has 3 nitrogen and oxygen atoms in total. The zero-order chi connectivity index (χ0) is 12.6. The summed E-state index contributed by atoms with van der Waals surface area (Å²) in [4.78, 5) is 4.02. The van der Waals surface area contributed by atoms with Gasteiger partial charge in [-0.3, -0.25) is 16.3 Å². The van der Waals surface area contributed by atoms with E-state index >= 15 is 0 Å². The molecule has 3 N–H and O–H groups in total. The van der Waals surface area contributed by atoms with Crippen molar-refractivity contribution < 1.29 is 0 Å². The molecule has 0 aliphatic rings. The molecule has 0 fully saturated rings. The maximum Gasteiger partial charge on any atom is 0.0461 e. The molecule has 0 spiro atoms. The Labute approximate surface area is 108 Å². The van der Waals surface area contributed by atoms with Gasteiger partial charge in [0.1, 0.15) is 0 Å². The SMILES string of the molecule is NNC(CCCc1ccccc1)c1ccncc1. The highest BCUT2D eigenvalue weighted by atomic mass is 15.2. The van der Waals surface area contributed by atoms with Crippen LogP contribution in [0.15, 0.2) is 54.9 Å². The first kappa shape index (κ1) is 12.7. The third kappa shape index (κ3) is 3.65. The van der Waals surface area contributed by atoms with Crippen LogP contribution < -0.4 is 11.3 Å². The Bertz CT molecular complexity index is 442. The first-order valence-corrected chi connectivity index (χ1v) is 6.30. The average molecular weight is 241 g/mol. The summed E-state index contributed by atoms with van der Waals surface area (Å²) >= 11 is 0. The van der Waals surface area contributed by atoms with Crippen LogP contribution in [0.2, 0.25) is 0 Å². The summed E-state index contributed by atoms with van der Waals surface area (Å²) in [5.41, 5.74) is 5.45. The van der Waals surface area contributed by atoms with E-state index in [0.29, 0.717) is 0 Å². The van der Waals surface area contributed by atoms with Crippen molar-refractivity contribution in [3.8, 4) is 0 Å². The third-order valence-corrected chi connectivity index (χ3v) is 3.11. The molecule has 0 saturated carbocycles. The molecule has 0 aliphatic carbocycles. The standard InChI is InChI=1S/C15H19N3/c16-18-15(14-9-11-17-12-10-14)8-4-7-13-5-2-1-3-6-13/h1-3,5-6,9-12,15,18H,4,7-8,16H2. The van der Waals surface area contributed by atoms with Crippen LogP contribution >= 0.6 is 0 Å². The maximum absolute atomic E-state index is 5.61. The van der Waals surface area contributed by atoms with Crippen LogP contribution in [0.5, 0.6) is 0 Å². The van der Waals surface area contributed by atoms with Crippen LogP contribution in [0.1, 0.15) is 30.0 Å². The lowest BCUT2D eigenvalue weighted by Crippen LogP contribution is -2.28. The predicted octanol–water partition coefficient (Wildman–Crippen LogP) is 2.61. The monoisotopic (exact) mass is 241 g/mol. The second kappa shape index (κ2) is 6.89. The molecule has 3 heteroatoms. The van der Waals surface area contributed by atoms with Gasteiger partial charge in [-0.1, -0.05) is 30.3 Å². The van der Waals surface area contributed by atoms with E-state index in [0.717, 1.165) is 19.3 Å². The quantitative estimate of drug-likeness (QED) is 0.604. The van der Waals surface area contributed by atoms with Crippen molar-refractivity contribution in [2.45, 2.75) is 25.3 Å². The largest absolute Gasteiger partial charge is 0.271 e. The van der Waals surface area contributed by atoms with Gasteiger partial charge in [-0.2, -0.15) is 0 Å². The molecule has 2 rings (SSSR count). The summed E-state index contributed by atoms with van der Waals surface area (Å²) in [6.07, 6.45) is 6.83. The molecule has 0 radical (unpaired) electrons. The van der Waals surface area contributed by atoms with Gasteiger partial charge in [0.05, 0.1) is 0 Å². The number of hydrogen-bond acceptors (Lipinski definition) is 3. The van der Waals surface area contributed by atoms with Crippen LogP contribution in [-0.2, 0) is 6.42 Å². The van der Waals surface area contributed by atoms with Crippen LogP contribution in [0, 0.1) is 0 Å². The lowest BCUT2D eigenvalue weighted by molar-refractivity contribution is 0.498. The minimum absolute atomic E-state index is 0.205. The van der Waals surface area contributed by atoms with Gasteiger partial charge in [0, 0.05) is 18.4 Å². The fourth-order valence-electron chi connectivity index (χ4n) is 2.10. The molecule has 94 valence electrons. The fraction of sp³-hybridized carbons (Fsp3) is 0.267. The number of pyridine rings is 1. The van der Waals surface area contributed by atoms with E-state index in [4.69, 9.17) is 5.84 Å². The minimum atomic E-state index is 0.205. The smallest absolute Gasteiger partial charge is 0.0461 e. The molecule has 1 aromatic heterocycles. The minimum Gasteiger partial charge on any atom is -0.271 e. The molecule has 1 unspecified atom stereocenters. The fourth-order valence-corrected chi connectivity index (χ4v) is 2.10. The van der Waals surface area contributed by atoms with Gasteiger partial charge >= 0.3 is 0 Å². The van der Waals surface area contributed by atoms with Crippen molar-refractivity contribution in [1.82, 2.24) is 10.4 Å². The second-order valence-corrected chi connectivity index (χ2v) is 4.38. The molecule has 1 aromatic carbocycles. The Balaban J connectivity index is 1.85. The molecule has 0 amide bonds. The van der Waals surface area contributed by atoms with E-state index in [1.165, 1.54) is 11.1 Å². The molecular formula is C15H19N3. The van der Waals surface area contributed by atoms with Crippen molar-refractivity contribution >= 4 is 0 Å².